The molecule has 0 aliphatic heterocycles. The van der Waals surface area contributed by atoms with Crippen molar-refractivity contribution in [2.45, 2.75) is 65.5 Å². The van der Waals surface area contributed by atoms with Crippen LogP contribution < -0.4 is 0 Å². The summed E-state index contributed by atoms with van der Waals surface area (Å²) < 4.78 is 57.4. The third-order valence-corrected chi connectivity index (χ3v) is 5.20. The third-order valence-electron chi connectivity index (χ3n) is 2.88. The number of unbranched alkanes of at least 4 members (excludes halogenated alkanes) is 3. The van der Waals surface area contributed by atoms with E-state index in [4.69, 9.17) is 13.6 Å². The Bertz CT molecular complexity index is 349. The summed E-state index contributed by atoms with van der Waals surface area (Å²) in [5.41, 5.74) is 0. The van der Waals surface area contributed by atoms with Gasteiger partial charge in [-0.2, -0.15) is 0 Å². The molecule has 146 valence electrons. The van der Waals surface area contributed by atoms with Gasteiger partial charge in [-0.15, -0.1) is 0 Å². The summed E-state index contributed by atoms with van der Waals surface area (Å²) in [6.07, 6.45) is -2.05. The van der Waals surface area contributed by atoms with Crippen LogP contribution >= 0.6 is 7.74 Å². The van der Waals surface area contributed by atoms with Crippen molar-refractivity contribution in [2.75, 3.05) is 19.8 Å². The van der Waals surface area contributed by atoms with Crippen LogP contribution in [0, 0.1) is 0 Å². The van der Waals surface area contributed by atoms with Crippen LogP contribution in [0.5, 0.6) is 0 Å². The molecule has 0 aliphatic carbocycles. The first-order chi connectivity index (χ1) is 11.1. The molecule has 0 atom stereocenters. The molecule has 10 heteroatoms. The van der Waals surface area contributed by atoms with Gasteiger partial charge in [0.25, 0.3) is 0 Å². The predicted molar refractivity (Wildman–Crippen MR) is 83.9 cm³/mol. The van der Waals surface area contributed by atoms with Gasteiger partial charge in [-0.25, -0.2) is 0 Å². The first-order valence-corrected chi connectivity index (χ1v) is 10.0. The van der Waals surface area contributed by atoms with Crippen LogP contribution in [-0.2, 0) is 22.9 Å². The van der Waals surface area contributed by atoms with Gasteiger partial charge in [-0.3, -0.25) is 0 Å². The molecule has 0 amide bonds. The van der Waals surface area contributed by atoms with Gasteiger partial charge in [0.2, 0.25) is 0 Å². The quantitative estimate of drug-likeness (QED) is 0.370. The monoisotopic (exact) mass is 380 g/mol. The van der Waals surface area contributed by atoms with Gasteiger partial charge in [0.15, 0.2) is 0 Å². The average molecular weight is 380 g/mol. The topological polar surface area (TPSA) is 74.2 Å². The van der Waals surface area contributed by atoms with Crippen molar-refractivity contribution in [1.29, 1.82) is 0 Å². The van der Waals surface area contributed by atoms with E-state index in [0.29, 0.717) is 38.5 Å². The van der Waals surface area contributed by atoms with E-state index in [-0.39, 0.29) is 19.8 Å². The number of halogens is 3. The molecule has 1 N–H and O–H groups in total. The fraction of sp³-hybridized carbons (Fsp3) is 0.929. The van der Waals surface area contributed by atoms with Gasteiger partial charge in [0, 0.05) is 0 Å². The number of carbonyl (C=O) groups excluding carboxylic acids is 1. The van der Waals surface area contributed by atoms with E-state index in [1.165, 1.54) is 0 Å². The summed E-state index contributed by atoms with van der Waals surface area (Å²) in [4.78, 5) is 22.0. The standard InChI is InChI=1S/C14H28F3O6P/c1-4-7-10-20-24(19,21-11-8-5-2,22-12-9-6-3)23-13(18)14(15,16)17/h19H,4-12H2,1-3H3. The fourth-order valence-corrected chi connectivity index (χ4v) is 3.53. The van der Waals surface area contributed by atoms with Crippen molar-refractivity contribution in [3.8, 4) is 0 Å². The van der Waals surface area contributed by atoms with Crippen LogP contribution in [0.3, 0.4) is 0 Å². The average Bonchev–Trinajstić information content (AvgIpc) is 2.47. The van der Waals surface area contributed by atoms with Crippen molar-refractivity contribution >= 4 is 13.7 Å². The molecular weight excluding hydrogens is 352 g/mol. The minimum absolute atomic E-state index is 0.159. The van der Waals surface area contributed by atoms with E-state index in [0.717, 1.165) is 0 Å². The Morgan fingerprint density at radius 2 is 1.21 bits per heavy atom. The molecule has 0 rings (SSSR count). The van der Waals surface area contributed by atoms with Crippen LogP contribution in [-0.4, -0.2) is 36.9 Å². The first kappa shape index (κ1) is 23.5. The molecule has 0 saturated heterocycles. The summed E-state index contributed by atoms with van der Waals surface area (Å²) >= 11 is 0. The van der Waals surface area contributed by atoms with Gasteiger partial charge in [-0.1, -0.05) is 0 Å². The summed E-state index contributed by atoms with van der Waals surface area (Å²) in [5.74, 6) is -2.60. The maximum atomic E-state index is 12.6. The maximum absolute atomic E-state index is 12.6. The van der Waals surface area contributed by atoms with E-state index in [9.17, 15) is 22.9 Å². The zero-order valence-corrected chi connectivity index (χ0v) is 15.3. The molecule has 0 aliphatic rings. The molecule has 0 bridgehead atoms. The summed E-state index contributed by atoms with van der Waals surface area (Å²) in [5, 5.41) is 0. The summed E-state index contributed by atoms with van der Waals surface area (Å²) in [6, 6.07) is 0. The number of carbonyl (C=O) groups is 1. The van der Waals surface area contributed by atoms with E-state index < -0.39 is 19.9 Å². The second-order valence-corrected chi connectivity index (χ2v) is 7.72. The number of hydrogen-bond acceptors (Lipinski definition) is 6. The van der Waals surface area contributed by atoms with E-state index in [1.54, 1.807) is 0 Å². The van der Waals surface area contributed by atoms with Gasteiger partial charge >= 0.3 is 140 Å². The molecule has 0 heterocycles. The van der Waals surface area contributed by atoms with Crippen molar-refractivity contribution in [1.82, 2.24) is 0 Å². The van der Waals surface area contributed by atoms with E-state index in [1.807, 2.05) is 20.8 Å². The summed E-state index contributed by atoms with van der Waals surface area (Å²) in [7, 11) is -5.64. The molecule has 0 fully saturated rings. The Morgan fingerprint density at radius 3 is 1.46 bits per heavy atom. The molecule has 0 aromatic heterocycles. The van der Waals surface area contributed by atoms with E-state index in [2.05, 4.69) is 4.52 Å². The number of alkyl halides is 3. The SMILES string of the molecule is CCCCOP(O)(OCCCC)(OCCCC)OC(=O)C(F)(F)F. The molecule has 0 aromatic carbocycles. The predicted octanol–water partition coefficient (Wildman–Crippen LogP) is 4.66. The van der Waals surface area contributed by atoms with Crippen LogP contribution in [0.2, 0.25) is 0 Å². The molecule has 0 unspecified atom stereocenters. The number of hydrogen-bond donors (Lipinski definition) is 1. The van der Waals surface area contributed by atoms with Crippen LogP contribution in [0.4, 0.5) is 13.2 Å². The molecular formula is C14H28F3O6P. The molecule has 0 spiro atoms. The van der Waals surface area contributed by atoms with Crippen LogP contribution in [0.25, 0.3) is 0 Å². The number of rotatable bonds is 13. The molecule has 0 aromatic rings. The zero-order chi connectivity index (χ0) is 18.7. The normalized spacial score (nSPS) is 14.2. The van der Waals surface area contributed by atoms with Crippen LogP contribution in [0.1, 0.15) is 59.3 Å². The van der Waals surface area contributed by atoms with Crippen molar-refractivity contribution < 1.29 is 41.0 Å². The molecule has 0 saturated carbocycles. The van der Waals surface area contributed by atoms with Gasteiger partial charge < -0.3 is 0 Å². The van der Waals surface area contributed by atoms with Crippen molar-refractivity contribution in [3.63, 3.8) is 0 Å². The van der Waals surface area contributed by atoms with E-state index >= 15 is 0 Å². The molecule has 0 radical (unpaired) electrons. The Morgan fingerprint density at radius 1 is 0.875 bits per heavy atom. The van der Waals surface area contributed by atoms with Crippen LogP contribution in [0.15, 0.2) is 0 Å². The Labute approximate surface area is 140 Å². The van der Waals surface area contributed by atoms with Gasteiger partial charge in [0.05, 0.1) is 0 Å². The Hall–Kier alpha value is -0.470. The zero-order valence-electron chi connectivity index (χ0n) is 14.4. The van der Waals surface area contributed by atoms with Crippen molar-refractivity contribution in [2.24, 2.45) is 0 Å². The molecule has 24 heavy (non-hydrogen) atoms. The van der Waals surface area contributed by atoms with Gasteiger partial charge in [0.1, 0.15) is 0 Å². The summed E-state index contributed by atoms with van der Waals surface area (Å²) in [6.45, 7) is 5.00. The second kappa shape index (κ2) is 10.5. The first-order valence-electron chi connectivity index (χ1n) is 8.14. The minimum atomic E-state index is -5.64. The third kappa shape index (κ3) is 8.58. The fourth-order valence-electron chi connectivity index (χ4n) is 1.47. The van der Waals surface area contributed by atoms with Crippen molar-refractivity contribution in [3.05, 3.63) is 0 Å². The Kier molecular flexibility index (Phi) is 10.3. The molecule has 6 nitrogen and oxygen atoms in total. The second-order valence-electron chi connectivity index (χ2n) is 5.21. The van der Waals surface area contributed by atoms with Gasteiger partial charge in [-0.05, 0) is 0 Å². The Balaban J connectivity index is 5.40.